The van der Waals surface area contributed by atoms with E-state index in [1.54, 1.807) is 6.07 Å². The van der Waals surface area contributed by atoms with Crippen LogP contribution in [0.2, 0.25) is 0 Å². The molecule has 0 saturated carbocycles. The van der Waals surface area contributed by atoms with Crippen LogP contribution in [0.1, 0.15) is 16.8 Å². The Balaban J connectivity index is 1.93. The van der Waals surface area contributed by atoms with Gasteiger partial charge in [-0.15, -0.1) is 0 Å². The van der Waals surface area contributed by atoms with Crippen LogP contribution in [-0.2, 0) is 19.0 Å². The van der Waals surface area contributed by atoms with Crippen LogP contribution in [0.5, 0.6) is 0 Å². The van der Waals surface area contributed by atoms with E-state index in [0.29, 0.717) is 5.56 Å². The van der Waals surface area contributed by atoms with Gasteiger partial charge in [0.1, 0.15) is 0 Å². The van der Waals surface area contributed by atoms with E-state index in [9.17, 15) is 13.2 Å². The third kappa shape index (κ3) is 2.59. The molecular formula is C19H17F3N2. The summed E-state index contributed by atoms with van der Waals surface area (Å²) < 4.78 is 39.2. The molecule has 0 atom stereocenters. The van der Waals surface area contributed by atoms with E-state index in [-0.39, 0.29) is 0 Å². The second kappa shape index (κ2) is 5.67. The SMILES string of the molecule is FC(F)(F)c1cccc(-c2cccc3[nH]c4c(c23)CCNCC4)c1. The number of aromatic nitrogens is 1. The van der Waals surface area contributed by atoms with E-state index >= 15 is 0 Å². The number of rotatable bonds is 1. The van der Waals surface area contributed by atoms with Gasteiger partial charge in [-0.05, 0) is 47.9 Å². The van der Waals surface area contributed by atoms with E-state index < -0.39 is 11.7 Å². The van der Waals surface area contributed by atoms with E-state index in [0.717, 1.165) is 48.5 Å². The predicted molar refractivity (Wildman–Crippen MR) is 89.0 cm³/mol. The normalized spacial score (nSPS) is 15.3. The van der Waals surface area contributed by atoms with Crippen LogP contribution in [0.3, 0.4) is 0 Å². The van der Waals surface area contributed by atoms with Crippen LogP contribution < -0.4 is 5.32 Å². The van der Waals surface area contributed by atoms with Crippen molar-refractivity contribution in [2.45, 2.75) is 19.0 Å². The van der Waals surface area contributed by atoms with Crippen LogP contribution in [0.15, 0.2) is 42.5 Å². The second-order valence-corrected chi connectivity index (χ2v) is 6.14. The number of fused-ring (bicyclic) bond motifs is 3. The van der Waals surface area contributed by atoms with Crippen molar-refractivity contribution in [1.82, 2.24) is 10.3 Å². The molecule has 24 heavy (non-hydrogen) atoms. The van der Waals surface area contributed by atoms with Gasteiger partial charge in [0.05, 0.1) is 5.56 Å². The topological polar surface area (TPSA) is 27.8 Å². The summed E-state index contributed by atoms with van der Waals surface area (Å²) in [6.07, 6.45) is -2.54. The molecule has 1 aromatic heterocycles. The number of H-pyrrole nitrogens is 1. The lowest BCUT2D eigenvalue weighted by molar-refractivity contribution is -0.137. The Morgan fingerprint density at radius 2 is 1.71 bits per heavy atom. The molecule has 1 aliphatic heterocycles. The Morgan fingerprint density at radius 1 is 0.917 bits per heavy atom. The van der Waals surface area contributed by atoms with Crippen molar-refractivity contribution in [3.05, 3.63) is 59.3 Å². The average molecular weight is 330 g/mol. The number of hydrogen-bond acceptors (Lipinski definition) is 1. The minimum Gasteiger partial charge on any atom is -0.358 e. The second-order valence-electron chi connectivity index (χ2n) is 6.14. The van der Waals surface area contributed by atoms with Crippen LogP contribution in [0.25, 0.3) is 22.0 Å². The molecule has 5 heteroatoms. The van der Waals surface area contributed by atoms with Crippen LogP contribution in [0.4, 0.5) is 13.2 Å². The molecule has 2 heterocycles. The number of alkyl halides is 3. The highest BCUT2D eigenvalue weighted by molar-refractivity contribution is 5.98. The van der Waals surface area contributed by atoms with Gasteiger partial charge in [0, 0.05) is 29.6 Å². The van der Waals surface area contributed by atoms with E-state index in [1.165, 1.54) is 23.4 Å². The number of aromatic amines is 1. The summed E-state index contributed by atoms with van der Waals surface area (Å²) in [5.74, 6) is 0. The van der Waals surface area contributed by atoms with Gasteiger partial charge in [0.2, 0.25) is 0 Å². The molecular weight excluding hydrogens is 313 g/mol. The first-order valence-corrected chi connectivity index (χ1v) is 8.05. The van der Waals surface area contributed by atoms with Crippen molar-refractivity contribution in [1.29, 1.82) is 0 Å². The molecule has 0 spiro atoms. The van der Waals surface area contributed by atoms with Crippen molar-refractivity contribution in [2.75, 3.05) is 13.1 Å². The molecule has 2 aromatic carbocycles. The van der Waals surface area contributed by atoms with E-state index in [2.05, 4.69) is 10.3 Å². The van der Waals surface area contributed by atoms with Gasteiger partial charge in [-0.1, -0.05) is 24.3 Å². The fourth-order valence-corrected chi connectivity index (χ4v) is 3.52. The first kappa shape index (κ1) is 15.3. The average Bonchev–Trinajstić information content (AvgIpc) is 2.76. The Labute approximate surface area is 137 Å². The van der Waals surface area contributed by atoms with Crippen LogP contribution in [0, 0.1) is 0 Å². The summed E-state index contributed by atoms with van der Waals surface area (Å²) in [4.78, 5) is 3.45. The lowest BCUT2D eigenvalue weighted by Gasteiger charge is -2.11. The summed E-state index contributed by atoms with van der Waals surface area (Å²) in [5.41, 5.74) is 4.27. The summed E-state index contributed by atoms with van der Waals surface area (Å²) >= 11 is 0. The lowest BCUT2D eigenvalue weighted by Crippen LogP contribution is -2.16. The molecule has 0 fully saturated rings. The minimum absolute atomic E-state index is 0.606. The lowest BCUT2D eigenvalue weighted by atomic mass is 9.95. The molecule has 0 bridgehead atoms. The zero-order valence-corrected chi connectivity index (χ0v) is 13.0. The summed E-state index contributed by atoms with van der Waals surface area (Å²) in [6, 6.07) is 11.4. The van der Waals surface area contributed by atoms with Crippen LogP contribution >= 0.6 is 0 Å². The molecule has 1 aliphatic rings. The van der Waals surface area contributed by atoms with Crippen molar-refractivity contribution in [3.63, 3.8) is 0 Å². The smallest absolute Gasteiger partial charge is 0.358 e. The third-order valence-corrected chi connectivity index (χ3v) is 4.62. The third-order valence-electron chi connectivity index (χ3n) is 4.62. The fourth-order valence-electron chi connectivity index (χ4n) is 3.52. The predicted octanol–water partition coefficient (Wildman–Crippen LogP) is 4.54. The zero-order chi connectivity index (χ0) is 16.7. The van der Waals surface area contributed by atoms with Crippen molar-refractivity contribution in [2.24, 2.45) is 0 Å². The molecule has 2 N–H and O–H groups in total. The first-order valence-electron chi connectivity index (χ1n) is 8.05. The molecule has 2 nitrogen and oxygen atoms in total. The molecule has 0 amide bonds. The van der Waals surface area contributed by atoms with E-state index in [4.69, 9.17) is 0 Å². The van der Waals surface area contributed by atoms with Crippen molar-refractivity contribution >= 4 is 10.9 Å². The molecule has 0 aliphatic carbocycles. The Bertz CT molecular complexity index is 893. The first-order chi connectivity index (χ1) is 11.5. The molecule has 3 aromatic rings. The Hall–Kier alpha value is -2.27. The molecule has 0 saturated heterocycles. The molecule has 0 radical (unpaired) electrons. The van der Waals surface area contributed by atoms with Gasteiger partial charge in [-0.2, -0.15) is 13.2 Å². The van der Waals surface area contributed by atoms with Crippen LogP contribution in [-0.4, -0.2) is 18.1 Å². The van der Waals surface area contributed by atoms with Gasteiger partial charge < -0.3 is 10.3 Å². The number of nitrogens with one attached hydrogen (secondary N) is 2. The summed E-state index contributed by atoms with van der Waals surface area (Å²) in [5, 5.41) is 4.42. The molecule has 0 unspecified atom stereocenters. The number of benzene rings is 2. The standard InChI is InChI=1S/C19H17F3N2/c20-19(21,22)13-4-1-3-12(11-13)14-5-2-6-17-18(14)15-7-9-23-10-8-16(15)24-17/h1-6,11,23-24H,7-10H2. The minimum atomic E-state index is -4.33. The number of hydrogen-bond donors (Lipinski definition) is 2. The highest BCUT2D eigenvalue weighted by Gasteiger charge is 2.30. The van der Waals surface area contributed by atoms with Gasteiger partial charge in [0.15, 0.2) is 0 Å². The maximum atomic E-state index is 13.1. The maximum Gasteiger partial charge on any atom is 0.416 e. The molecule has 124 valence electrons. The monoisotopic (exact) mass is 330 g/mol. The Morgan fingerprint density at radius 3 is 2.54 bits per heavy atom. The van der Waals surface area contributed by atoms with Gasteiger partial charge >= 0.3 is 6.18 Å². The number of halogens is 3. The summed E-state index contributed by atoms with van der Waals surface area (Å²) in [7, 11) is 0. The van der Waals surface area contributed by atoms with Crippen molar-refractivity contribution in [3.8, 4) is 11.1 Å². The maximum absolute atomic E-state index is 13.1. The zero-order valence-electron chi connectivity index (χ0n) is 13.0. The van der Waals surface area contributed by atoms with Gasteiger partial charge in [-0.25, -0.2) is 0 Å². The fraction of sp³-hybridized carbons (Fsp3) is 0.263. The van der Waals surface area contributed by atoms with Crippen molar-refractivity contribution < 1.29 is 13.2 Å². The largest absolute Gasteiger partial charge is 0.416 e. The van der Waals surface area contributed by atoms with Gasteiger partial charge in [-0.3, -0.25) is 0 Å². The van der Waals surface area contributed by atoms with Gasteiger partial charge in [0.25, 0.3) is 0 Å². The van der Waals surface area contributed by atoms with E-state index in [1.807, 2.05) is 18.2 Å². The Kier molecular flexibility index (Phi) is 3.61. The highest BCUT2D eigenvalue weighted by Crippen LogP contribution is 2.37. The highest BCUT2D eigenvalue weighted by atomic mass is 19.4. The summed E-state index contributed by atoms with van der Waals surface area (Å²) in [6.45, 7) is 1.80. The molecule has 4 rings (SSSR count). The quantitative estimate of drug-likeness (QED) is 0.673.